The Morgan fingerprint density at radius 1 is 1.19 bits per heavy atom. The van der Waals surface area contributed by atoms with Gasteiger partial charge in [-0.2, -0.15) is 0 Å². The average molecular weight is 608 g/mol. The highest BCUT2D eigenvalue weighted by Gasteiger charge is 2.68. The molecule has 4 aromatic rings. The van der Waals surface area contributed by atoms with Crippen molar-refractivity contribution in [2.24, 2.45) is 5.92 Å². The van der Waals surface area contributed by atoms with Crippen molar-refractivity contribution in [3.8, 4) is 0 Å². The van der Waals surface area contributed by atoms with Crippen molar-refractivity contribution >= 4 is 51.8 Å². The molecule has 3 aliphatic heterocycles. The molecule has 0 radical (unpaired) electrons. The number of rotatable bonds is 5. The summed E-state index contributed by atoms with van der Waals surface area (Å²) in [6.45, 7) is 5.55. The number of nitrogens with one attached hydrogen (secondary N) is 1. The summed E-state index contributed by atoms with van der Waals surface area (Å²) >= 11 is 12.8. The molecule has 10 heteroatoms. The number of fused-ring (bicyclic) bond motifs is 7. The zero-order valence-electron chi connectivity index (χ0n) is 23.1. The fraction of sp³-hybridized carbons (Fsp3) is 0.344. The van der Waals surface area contributed by atoms with E-state index in [1.54, 1.807) is 42.5 Å². The number of carboxylic acid groups (broad SMARTS) is 1. The molecular formula is C32H29Cl2FN4O3. The van der Waals surface area contributed by atoms with Crippen LogP contribution in [0, 0.1) is 11.7 Å². The van der Waals surface area contributed by atoms with E-state index < -0.39 is 23.2 Å². The lowest BCUT2D eigenvalue weighted by atomic mass is 9.70. The van der Waals surface area contributed by atoms with Crippen molar-refractivity contribution in [2.45, 2.75) is 56.7 Å². The Balaban J connectivity index is 1.54. The second kappa shape index (κ2) is 9.79. The number of hydrogen-bond acceptors (Lipinski definition) is 4. The van der Waals surface area contributed by atoms with Crippen molar-refractivity contribution in [2.75, 3.05) is 11.9 Å². The molecule has 3 aliphatic rings. The molecule has 1 amide bonds. The van der Waals surface area contributed by atoms with Crippen LogP contribution in [-0.4, -0.2) is 44.0 Å². The quantitative estimate of drug-likeness (QED) is 0.255. The molecule has 0 bridgehead atoms. The Labute approximate surface area is 252 Å². The van der Waals surface area contributed by atoms with Crippen LogP contribution >= 0.6 is 23.2 Å². The number of imidazole rings is 1. The fourth-order valence-electron chi connectivity index (χ4n) is 7.61. The summed E-state index contributed by atoms with van der Waals surface area (Å²) in [4.78, 5) is 33.5. The lowest BCUT2D eigenvalue weighted by Gasteiger charge is -2.40. The number of aromatic carboxylic acids is 1. The van der Waals surface area contributed by atoms with Gasteiger partial charge in [0.1, 0.15) is 17.2 Å². The predicted octanol–water partition coefficient (Wildman–Crippen LogP) is 7.03. The van der Waals surface area contributed by atoms with Crippen molar-refractivity contribution in [3.63, 3.8) is 0 Å². The Morgan fingerprint density at radius 2 is 2.00 bits per heavy atom. The van der Waals surface area contributed by atoms with Gasteiger partial charge in [0.05, 0.1) is 21.6 Å². The number of carbonyl (C=O) groups excluding carboxylic acids is 1. The van der Waals surface area contributed by atoms with Gasteiger partial charge in [-0.25, -0.2) is 14.2 Å². The third-order valence-corrected chi connectivity index (χ3v) is 9.83. The second-order valence-electron chi connectivity index (χ2n) is 11.9. The molecule has 7 nitrogen and oxygen atoms in total. The van der Waals surface area contributed by atoms with Gasteiger partial charge in [-0.05, 0) is 60.7 Å². The highest BCUT2D eigenvalue weighted by Crippen LogP contribution is 2.64. The molecule has 1 saturated heterocycles. The van der Waals surface area contributed by atoms with E-state index in [4.69, 9.17) is 28.2 Å². The molecule has 216 valence electrons. The fourth-order valence-corrected chi connectivity index (χ4v) is 7.96. The van der Waals surface area contributed by atoms with Gasteiger partial charge < -0.3 is 15.0 Å². The molecule has 2 N–H and O–H groups in total. The molecule has 3 aromatic carbocycles. The zero-order valence-corrected chi connectivity index (χ0v) is 24.6. The standard InChI is InChI=1S/C32H29Cl2FN4O3/c1-16(2)10-13-39-25-11-12-38-24-9-6-17(30(40)41)14-23(24)36-29(38)26(25)27(19-4-3-5-21(34)28(19)35)32(39)20-8-7-18(33)15-22(20)37-31(32)42/h3-9,14-16,25-27H,10-13H2,1-2H3,(H,37,42)(H,40,41)/t25-,26+,27-,32+/m0/s1. The van der Waals surface area contributed by atoms with Crippen LogP contribution in [0.3, 0.4) is 0 Å². The van der Waals surface area contributed by atoms with E-state index in [-0.39, 0.29) is 28.5 Å². The van der Waals surface area contributed by atoms with Gasteiger partial charge in [0.2, 0.25) is 5.91 Å². The number of aryl methyl sites for hydroxylation is 1. The lowest BCUT2D eigenvalue weighted by molar-refractivity contribution is -0.128. The molecule has 0 aliphatic carbocycles. The summed E-state index contributed by atoms with van der Waals surface area (Å²) in [5, 5.41) is 13.2. The first-order valence-corrected chi connectivity index (χ1v) is 14.9. The largest absolute Gasteiger partial charge is 0.478 e. The first kappa shape index (κ1) is 27.4. The smallest absolute Gasteiger partial charge is 0.335 e. The number of aromatic nitrogens is 2. The second-order valence-corrected chi connectivity index (χ2v) is 12.8. The van der Waals surface area contributed by atoms with Crippen LogP contribution in [0.5, 0.6) is 0 Å². The molecule has 1 aromatic heterocycles. The number of likely N-dealkylation sites (tertiary alicyclic amines) is 1. The Morgan fingerprint density at radius 3 is 2.76 bits per heavy atom. The summed E-state index contributed by atoms with van der Waals surface area (Å²) in [5.41, 5.74) is 2.02. The average Bonchev–Trinajstić information content (AvgIpc) is 3.56. The summed E-state index contributed by atoms with van der Waals surface area (Å²) in [5.74, 6) is -1.77. The Hall–Kier alpha value is -3.46. The van der Waals surface area contributed by atoms with Crippen molar-refractivity contribution in [3.05, 3.63) is 93.0 Å². The summed E-state index contributed by atoms with van der Waals surface area (Å²) in [6, 6.07) is 15.2. The van der Waals surface area contributed by atoms with Crippen LogP contribution in [0.4, 0.5) is 10.1 Å². The van der Waals surface area contributed by atoms with E-state index >= 15 is 4.39 Å². The van der Waals surface area contributed by atoms with Gasteiger partial charge in [0.25, 0.3) is 0 Å². The van der Waals surface area contributed by atoms with Gasteiger partial charge in [-0.15, -0.1) is 0 Å². The van der Waals surface area contributed by atoms with Gasteiger partial charge in [-0.3, -0.25) is 9.69 Å². The van der Waals surface area contributed by atoms with Gasteiger partial charge in [0.15, 0.2) is 0 Å². The van der Waals surface area contributed by atoms with Crippen LogP contribution in [0.15, 0.2) is 54.6 Å². The first-order valence-electron chi connectivity index (χ1n) is 14.2. The summed E-state index contributed by atoms with van der Waals surface area (Å²) < 4.78 is 18.3. The monoisotopic (exact) mass is 606 g/mol. The number of benzene rings is 3. The van der Waals surface area contributed by atoms with E-state index in [1.165, 1.54) is 6.07 Å². The zero-order chi connectivity index (χ0) is 29.5. The van der Waals surface area contributed by atoms with Crippen molar-refractivity contribution in [1.29, 1.82) is 0 Å². The number of hydrogen-bond donors (Lipinski definition) is 2. The molecule has 7 rings (SSSR count). The Kier molecular flexibility index (Phi) is 6.38. The number of carboxylic acids is 1. The molecule has 4 heterocycles. The maximum Gasteiger partial charge on any atom is 0.335 e. The Bertz CT molecular complexity index is 1790. The van der Waals surface area contributed by atoms with Crippen LogP contribution in [-0.2, 0) is 16.9 Å². The molecule has 1 spiro atoms. The number of anilines is 1. The maximum absolute atomic E-state index is 16.2. The predicted molar refractivity (Wildman–Crippen MR) is 160 cm³/mol. The van der Waals surface area contributed by atoms with Gasteiger partial charge >= 0.3 is 5.97 Å². The molecule has 1 fully saturated rings. The third-order valence-electron chi connectivity index (χ3n) is 9.30. The maximum atomic E-state index is 16.2. The first-order chi connectivity index (χ1) is 20.1. The normalized spacial score (nSPS) is 24.7. The summed E-state index contributed by atoms with van der Waals surface area (Å²) in [6.07, 6.45) is 1.54. The van der Waals surface area contributed by atoms with Crippen LogP contribution in [0.2, 0.25) is 10.0 Å². The van der Waals surface area contributed by atoms with E-state index in [1.807, 2.05) is 6.07 Å². The van der Waals surface area contributed by atoms with Crippen LogP contribution < -0.4 is 5.32 Å². The minimum atomic E-state index is -1.24. The third kappa shape index (κ3) is 3.78. The number of amides is 1. The minimum Gasteiger partial charge on any atom is -0.478 e. The van der Waals surface area contributed by atoms with Crippen LogP contribution in [0.25, 0.3) is 11.0 Å². The molecule has 42 heavy (non-hydrogen) atoms. The topological polar surface area (TPSA) is 87.5 Å². The number of carbonyl (C=O) groups is 2. The highest BCUT2D eigenvalue weighted by atomic mass is 35.5. The van der Waals surface area contributed by atoms with Gasteiger partial charge in [0, 0.05) is 47.2 Å². The van der Waals surface area contributed by atoms with Gasteiger partial charge in [-0.1, -0.05) is 55.2 Å². The highest BCUT2D eigenvalue weighted by molar-refractivity contribution is 6.31. The summed E-state index contributed by atoms with van der Waals surface area (Å²) in [7, 11) is 0. The lowest BCUT2D eigenvalue weighted by Crippen LogP contribution is -2.52. The molecule has 0 unspecified atom stereocenters. The number of halogens is 3. The number of nitrogens with zero attached hydrogens (tertiary/aromatic N) is 3. The molecule has 4 atom stereocenters. The molecule has 0 saturated carbocycles. The van der Waals surface area contributed by atoms with Crippen molar-refractivity contribution < 1.29 is 19.1 Å². The SMILES string of the molecule is CC(C)CCN1[C@H]2CCn3c(nc4cc(C(=O)O)ccc43)[C@H]2[C@H](c2cccc(Cl)c2F)[C@]12C(=O)Nc1cc(Cl)ccc12. The minimum absolute atomic E-state index is 0.00928. The van der Waals surface area contributed by atoms with Crippen molar-refractivity contribution in [1.82, 2.24) is 14.5 Å². The van der Waals surface area contributed by atoms with E-state index in [9.17, 15) is 14.7 Å². The molecular weight excluding hydrogens is 578 g/mol. The van der Waals surface area contributed by atoms with Crippen LogP contribution in [0.1, 0.15) is 65.8 Å². The van der Waals surface area contributed by atoms with E-state index in [0.717, 1.165) is 23.3 Å². The van der Waals surface area contributed by atoms with E-state index in [2.05, 4.69) is 28.6 Å². The van der Waals surface area contributed by atoms with E-state index in [0.29, 0.717) is 47.2 Å².